The Balaban J connectivity index is 2.08. The summed E-state index contributed by atoms with van der Waals surface area (Å²) in [6, 6.07) is 0. The molecule has 0 amide bonds. The van der Waals surface area contributed by atoms with Crippen LogP contribution in [-0.2, 0) is 9.53 Å². The van der Waals surface area contributed by atoms with Gasteiger partial charge in [-0.1, -0.05) is 0 Å². The summed E-state index contributed by atoms with van der Waals surface area (Å²) in [6.07, 6.45) is 5.27. The van der Waals surface area contributed by atoms with Crippen molar-refractivity contribution in [2.75, 3.05) is 34.3 Å². The summed E-state index contributed by atoms with van der Waals surface area (Å²) in [5.74, 6) is -0.118. The van der Waals surface area contributed by atoms with Crippen molar-refractivity contribution in [1.29, 1.82) is 0 Å². The molecule has 4 nitrogen and oxygen atoms in total. The topological polar surface area (TPSA) is 41.6 Å². The molecule has 1 aliphatic rings. The van der Waals surface area contributed by atoms with Gasteiger partial charge in [0, 0.05) is 18.5 Å². The average Bonchev–Trinajstić information content (AvgIpc) is 2.19. The molecule has 1 fully saturated rings. The zero-order valence-corrected chi connectivity index (χ0v) is 10.7. The Morgan fingerprint density at radius 1 is 1.44 bits per heavy atom. The largest absolute Gasteiger partial charge is 0.469 e. The quantitative estimate of drug-likeness (QED) is 0.522. The van der Waals surface area contributed by atoms with E-state index >= 15 is 0 Å². The highest BCUT2D eigenvalue weighted by atomic mass is 16.5. The predicted octanol–water partition coefficient (Wildman–Crippen LogP) is 1.01. The number of hydrogen-bond acceptors (Lipinski definition) is 4. The first-order valence-corrected chi connectivity index (χ1v) is 6.06. The second-order valence-electron chi connectivity index (χ2n) is 4.83. The van der Waals surface area contributed by atoms with E-state index in [0.717, 1.165) is 19.5 Å². The van der Waals surface area contributed by atoms with Gasteiger partial charge in [0.1, 0.15) is 0 Å². The van der Waals surface area contributed by atoms with Crippen molar-refractivity contribution >= 4 is 5.97 Å². The summed E-state index contributed by atoms with van der Waals surface area (Å²) >= 11 is 0. The fourth-order valence-electron chi connectivity index (χ4n) is 2.15. The van der Waals surface area contributed by atoms with Crippen molar-refractivity contribution in [2.24, 2.45) is 0 Å². The zero-order valence-electron chi connectivity index (χ0n) is 10.7. The lowest BCUT2D eigenvalue weighted by Gasteiger charge is -2.47. The summed E-state index contributed by atoms with van der Waals surface area (Å²) in [4.78, 5) is 13.2. The first-order chi connectivity index (χ1) is 7.60. The molecule has 0 aromatic carbocycles. The summed E-state index contributed by atoms with van der Waals surface area (Å²) in [5, 5.41) is 3.44. The Hall–Kier alpha value is -0.610. The van der Waals surface area contributed by atoms with E-state index in [1.807, 2.05) is 0 Å². The third kappa shape index (κ3) is 3.46. The third-order valence-electron chi connectivity index (χ3n) is 3.65. The van der Waals surface area contributed by atoms with Crippen molar-refractivity contribution in [3.05, 3.63) is 0 Å². The van der Waals surface area contributed by atoms with E-state index in [4.69, 9.17) is 0 Å². The van der Waals surface area contributed by atoms with Crippen LogP contribution < -0.4 is 5.32 Å². The number of carbonyl (C=O) groups excluding carboxylic acids is 1. The van der Waals surface area contributed by atoms with Gasteiger partial charge in [0.25, 0.3) is 0 Å². The molecule has 0 radical (unpaired) electrons. The molecule has 4 heteroatoms. The van der Waals surface area contributed by atoms with Gasteiger partial charge in [0.2, 0.25) is 0 Å². The van der Waals surface area contributed by atoms with Crippen molar-refractivity contribution < 1.29 is 9.53 Å². The van der Waals surface area contributed by atoms with Crippen LogP contribution in [0.15, 0.2) is 0 Å². The fourth-order valence-corrected chi connectivity index (χ4v) is 2.15. The molecular weight excluding hydrogens is 204 g/mol. The van der Waals surface area contributed by atoms with Crippen LogP contribution in [0.25, 0.3) is 0 Å². The number of esters is 1. The van der Waals surface area contributed by atoms with Gasteiger partial charge in [-0.05, 0) is 46.3 Å². The molecule has 0 heterocycles. The molecule has 1 N–H and O–H groups in total. The lowest BCUT2D eigenvalue weighted by atomic mass is 9.75. The van der Waals surface area contributed by atoms with Crippen molar-refractivity contribution in [3.8, 4) is 0 Å². The summed E-state index contributed by atoms with van der Waals surface area (Å²) in [6.45, 7) is 1.92. The van der Waals surface area contributed by atoms with E-state index in [1.165, 1.54) is 26.4 Å². The number of ether oxygens (including phenoxy) is 1. The number of nitrogens with zero attached hydrogens (tertiary/aromatic N) is 1. The van der Waals surface area contributed by atoms with Gasteiger partial charge in [-0.15, -0.1) is 0 Å². The van der Waals surface area contributed by atoms with Gasteiger partial charge >= 0.3 is 5.97 Å². The number of likely N-dealkylation sites (N-methyl/N-ethyl adjacent to an activating group) is 1. The summed E-state index contributed by atoms with van der Waals surface area (Å²) in [5.41, 5.74) is 0.366. The smallest absolute Gasteiger partial charge is 0.305 e. The van der Waals surface area contributed by atoms with E-state index in [2.05, 4.69) is 29.0 Å². The van der Waals surface area contributed by atoms with Crippen LogP contribution in [0.1, 0.15) is 32.1 Å². The maximum absolute atomic E-state index is 10.9. The van der Waals surface area contributed by atoms with Crippen LogP contribution in [0.2, 0.25) is 0 Å². The molecule has 0 unspecified atom stereocenters. The standard InChI is InChI=1S/C12H24N2O2/c1-14(2)12(7-5-8-12)10-13-9-4-6-11(15)16-3/h13H,4-10H2,1-3H3. The minimum atomic E-state index is -0.118. The maximum atomic E-state index is 10.9. The minimum absolute atomic E-state index is 0.118. The molecular formula is C12H24N2O2. The highest BCUT2D eigenvalue weighted by Gasteiger charge is 2.38. The first kappa shape index (κ1) is 13.5. The number of rotatable bonds is 7. The highest BCUT2D eigenvalue weighted by molar-refractivity contribution is 5.69. The normalized spacial score (nSPS) is 18.2. The predicted molar refractivity (Wildman–Crippen MR) is 64.4 cm³/mol. The van der Waals surface area contributed by atoms with Gasteiger partial charge in [0.05, 0.1) is 7.11 Å². The number of nitrogens with one attached hydrogen (secondary N) is 1. The number of carbonyl (C=O) groups is 1. The summed E-state index contributed by atoms with van der Waals surface area (Å²) in [7, 11) is 5.73. The van der Waals surface area contributed by atoms with Crippen LogP contribution >= 0.6 is 0 Å². The molecule has 94 valence electrons. The maximum Gasteiger partial charge on any atom is 0.305 e. The van der Waals surface area contributed by atoms with Gasteiger partial charge in [-0.25, -0.2) is 0 Å². The second kappa shape index (κ2) is 6.21. The van der Waals surface area contributed by atoms with Crippen LogP contribution in [0.3, 0.4) is 0 Å². The molecule has 1 rings (SSSR count). The summed E-state index contributed by atoms with van der Waals surface area (Å²) < 4.78 is 4.59. The Morgan fingerprint density at radius 2 is 2.12 bits per heavy atom. The highest BCUT2D eigenvalue weighted by Crippen LogP contribution is 2.35. The number of hydrogen-bond donors (Lipinski definition) is 1. The van der Waals surface area contributed by atoms with Crippen LogP contribution in [0.4, 0.5) is 0 Å². The van der Waals surface area contributed by atoms with Crippen LogP contribution in [0, 0.1) is 0 Å². The van der Waals surface area contributed by atoms with Crippen LogP contribution in [0.5, 0.6) is 0 Å². The van der Waals surface area contributed by atoms with E-state index < -0.39 is 0 Å². The molecule has 0 aliphatic heterocycles. The molecule has 0 bridgehead atoms. The van der Waals surface area contributed by atoms with Gasteiger partial charge in [-0.3, -0.25) is 4.79 Å². The Labute approximate surface area is 98.3 Å². The second-order valence-corrected chi connectivity index (χ2v) is 4.83. The van der Waals surface area contributed by atoms with E-state index in [-0.39, 0.29) is 5.97 Å². The Morgan fingerprint density at radius 3 is 2.56 bits per heavy atom. The van der Waals surface area contributed by atoms with Crippen molar-refractivity contribution in [1.82, 2.24) is 10.2 Å². The molecule has 16 heavy (non-hydrogen) atoms. The zero-order chi connectivity index (χ0) is 12.0. The number of methoxy groups -OCH3 is 1. The van der Waals surface area contributed by atoms with Gasteiger partial charge < -0.3 is 15.0 Å². The SMILES string of the molecule is COC(=O)CCCNCC1(N(C)C)CCC1. The molecule has 1 aliphatic carbocycles. The molecule has 0 aromatic rings. The lowest BCUT2D eigenvalue weighted by molar-refractivity contribution is -0.140. The first-order valence-electron chi connectivity index (χ1n) is 6.06. The minimum Gasteiger partial charge on any atom is -0.469 e. The molecule has 0 aromatic heterocycles. The molecule has 1 saturated carbocycles. The average molecular weight is 228 g/mol. The monoisotopic (exact) mass is 228 g/mol. The van der Waals surface area contributed by atoms with E-state index in [0.29, 0.717) is 12.0 Å². The lowest BCUT2D eigenvalue weighted by Crippen LogP contribution is -2.56. The Bertz CT molecular complexity index is 225. The third-order valence-corrected chi connectivity index (χ3v) is 3.65. The Kier molecular flexibility index (Phi) is 5.22. The van der Waals surface area contributed by atoms with E-state index in [1.54, 1.807) is 0 Å². The molecule has 0 atom stereocenters. The van der Waals surface area contributed by atoms with Crippen molar-refractivity contribution in [2.45, 2.75) is 37.6 Å². The van der Waals surface area contributed by atoms with Gasteiger partial charge in [-0.2, -0.15) is 0 Å². The molecule has 0 spiro atoms. The van der Waals surface area contributed by atoms with E-state index in [9.17, 15) is 4.79 Å². The fraction of sp³-hybridized carbons (Fsp3) is 0.917. The van der Waals surface area contributed by atoms with Crippen LogP contribution in [-0.4, -0.2) is 50.7 Å². The van der Waals surface area contributed by atoms with Gasteiger partial charge in [0.15, 0.2) is 0 Å². The molecule has 0 saturated heterocycles. The van der Waals surface area contributed by atoms with Crippen molar-refractivity contribution in [3.63, 3.8) is 0 Å².